The molecular formula is C11H19NO4S. The Morgan fingerprint density at radius 1 is 1.35 bits per heavy atom. The van der Waals surface area contributed by atoms with Crippen LogP contribution in [0, 0.1) is 11.8 Å². The number of carbonyl (C=O) groups excluding carboxylic acids is 1. The molecule has 3 atom stereocenters. The van der Waals surface area contributed by atoms with Crippen molar-refractivity contribution in [2.75, 3.05) is 18.1 Å². The van der Waals surface area contributed by atoms with Crippen molar-refractivity contribution < 1.29 is 18.9 Å². The first-order valence-corrected chi connectivity index (χ1v) is 7.40. The molecule has 3 unspecified atom stereocenters. The molecule has 2 N–H and O–H groups in total. The van der Waals surface area contributed by atoms with Gasteiger partial charge in [0.05, 0.1) is 11.8 Å². The van der Waals surface area contributed by atoms with E-state index in [2.05, 4.69) is 5.32 Å². The summed E-state index contributed by atoms with van der Waals surface area (Å²) in [7, 11) is -0.893. The van der Waals surface area contributed by atoms with E-state index in [1.807, 2.05) is 6.92 Å². The fourth-order valence-corrected chi connectivity index (χ4v) is 2.75. The Hall–Kier alpha value is -0.910. The number of hydrogen-bond acceptors (Lipinski definition) is 3. The zero-order valence-corrected chi connectivity index (χ0v) is 10.8. The molecule has 98 valence electrons. The second-order valence-electron chi connectivity index (χ2n) is 4.21. The highest BCUT2D eigenvalue weighted by molar-refractivity contribution is 7.84. The lowest BCUT2D eigenvalue weighted by molar-refractivity contribution is -0.146. The third kappa shape index (κ3) is 4.11. The van der Waals surface area contributed by atoms with Gasteiger partial charge < -0.3 is 10.4 Å². The quantitative estimate of drug-likeness (QED) is 0.723. The van der Waals surface area contributed by atoms with Gasteiger partial charge in [-0.2, -0.15) is 0 Å². The maximum absolute atomic E-state index is 11.8. The summed E-state index contributed by atoms with van der Waals surface area (Å²) in [4.78, 5) is 22.7. The molecule has 1 amide bonds. The molecule has 0 aromatic carbocycles. The van der Waals surface area contributed by atoms with Crippen molar-refractivity contribution in [3.63, 3.8) is 0 Å². The largest absolute Gasteiger partial charge is 0.481 e. The van der Waals surface area contributed by atoms with E-state index in [9.17, 15) is 13.8 Å². The van der Waals surface area contributed by atoms with Gasteiger partial charge in [-0.15, -0.1) is 0 Å². The van der Waals surface area contributed by atoms with Crippen LogP contribution in [0.2, 0.25) is 0 Å². The first kappa shape index (κ1) is 14.2. The van der Waals surface area contributed by atoms with E-state index >= 15 is 0 Å². The van der Waals surface area contributed by atoms with E-state index in [0.717, 1.165) is 6.42 Å². The summed E-state index contributed by atoms with van der Waals surface area (Å²) in [5.74, 6) is -1.04. The summed E-state index contributed by atoms with van der Waals surface area (Å²) < 4.78 is 11.2. The first-order chi connectivity index (χ1) is 8.06. The molecule has 1 saturated carbocycles. The van der Waals surface area contributed by atoms with Crippen LogP contribution in [0.25, 0.3) is 0 Å². The van der Waals surface area contributed by atoms with Crippen molar-refractivity contribution in [2.45, 2.75) is 26.2 Å². The molecule has 5 nitrogen and oxygen atoms in total. The standard InChI is InChI=1S/C11H19NO4S/c1-2-17(16)7-6-12-10(13)8-4-3-5-9(8)11(14)15/h8-9H,2-7H2,1H3,(H,12,13)(H,14,15). The van der Waals surface area contributed by atoms with Crippen LogP contribution in [-0.2, 0) is 20.4 Å². The molecule has 6 heteroatoms. The number of aliphatic carboxylic acids is 1. The van der Waals surface area contributed by atoms with Crippen LogP contribution in [0.1, 0.15) is 26.2 Å². The Morgan fingerprint density at radius 2 is 2.00 bits per heavy atom. The molecule has 0 aromatic rings. The van der Waals surface area contributed by atoms with E-state index in [0.29, 0.717) is 30.9 Å². The van der Waals surface area contributed by atoms with Crippen molar-refractivity contribution in [2.24, 2.45) is 11.8 Å². The fraction of sp³-hybridized carbons (Fsp3) is 0.818. The van der Waals surface area contributed by atoms with Crippen LogP contribution >= 0.6 is 0 Å². The van der Waals surface area contributed by atoms with Gasteiger partial charge in [0.1, 0.15) is 0 Å². The second-order valence-corrected chi connectivity index (χ2v) is 6.07. The lowest BCUT2D eigenvalue weighted by Gasteiger charge is -2.15. The molecule has 1 rings (SSSR count). The molecule has 17 heavy (non-hydrogen) atoms. The average molecular weight is 261 g/mol. The average Bonchev–Trinajstić information content (AvgIpc) is 2.77. The van der Waals surface area contributed by atoms with Gasteiger partial charge in [-0.25, -0.2) is 0 Å². The van der Waals surface area contributed by atoms with Gasteiger partial charge >= 0.3 is 5.97 Å². The Morgan fingerprint density at radius 3 is 2.59 bits per heavy atom. The molecule has 1 fully saturated rings. The summed E-state index contributed by atoms with van der Waals surface area (Å²) in [5, 5.41) is 11.6. The molecule has 0 heterocycles. The SMILES string of the molecule is CCS(=O)CCNC(=O)C1CCCC1C(=O)O. The lowest BCUT2D eigenvalue weighted by Crippen LogP contribution is -2.37. The van der Waals surface area contributed by atoms with Crippen molar-refractivity contribution >= 4 is 22.7 Å². The topological polar surface area (TPSA) is 83.5 Å². The molecule has 0 aromatic heterocycles. The lowest BCUT2D eigenvalue weighted by atomic mass is 9.95. The first-order valence-electron chi connectivity index (χ1n) is 5.91. The minimum atomic E-state index is -0.893. The van der Waals surface area contributed by atoms with E-state index in [4.69, 9.17) is 5.11 Å². The van der Waals surface area contributed by atoms with Gasteiger partial charge in [0.15, 0.2) is 0 Å². The Labute approximate surface area is 103 Å². The van der Waals surface area contributed by atoms with Crippen molar-refractivity contribution in [3.8, 4) is 0 Å². The van der Waals surface area contributed by atoms with Crippen LogP contribution in [0.5, 0.6) is 0 Å². The maximum Gasteiger partial charge on any atom is 0.307 e. The normalized spacial score (nSPS) is 25.5. The van der Waals surface area contributed by atoms with Gasteiger partial charge in [-0.1, -0.05) is 13.3 Å². The predicted molar refractivity (Wildman–Crippen MR) is 65.0 cm³/mol. The molecule has 0 aliphatic heterocycles. The third-order valence-electron chi connectivity index (χ3n) is 3.12. The van der Waals surface area contributed by atoms with E-state index in [-0.39, 0.29) is 5.91 Å². The highest BCUT2D eigenvalue weighted by Gasteiger charge is 2.37. The maximum atomic E-state index is 11.8. The Bertz CT molecular complexity index is 319. The summed E-state index contributed by atoms with van der Waals surface area (Å²) in [6, 6.07) is 0. The van der Waals surface area contributed by atoms with Crippen molar-refractivity contribution in [1.29, 1.82) is 0 Å². The Kier molecular flexibility index (Phi) is 5.61. The minimum Gasteiger partial charge on any atom is -0.481 e. The van der Waals surface area contributed by atoms with Crippen LogP contribution < -0.4 is 5.32 Å². The fourth-order valence-electron chi connectivity index (χ4n) is 2.13. The summed E-state index contributed by atoms with van der Waals surface area (Å²) in [6.45, 7) is 2.19. The molecule has 0 saturated heterocycles. The van der Waals surface area contributed by atoms with Gasteiger partial charge in [0.2, 0.25) is 5.91 Å². The molecule has 0 radical (unpaired) electrons. The molecule has 1 aliphatic rings. The van der Waals surface area contributed by atoms with Crippen LogP contribution in [0.15, 0.2) is 0 Å². The number of carbonyl (C=O) groups is 2. The van der Waals surface area contributed by atoms with E-state index in [1.54, 1.807) is 0 Å². The van der Waals surface area contributed by atoms with Gasteiger partial charge in [-0.05, 0) is 12.8 Å². The van der Waals surface area contributed by atoms with Gasteiger partial charge in [0, 0.05) is 28.9 Å². The summed E-state index contributed by atoms with van der Waals surface area (Å²) >= 11 is 0. The van der Waals surface area contributed by atoms with Gasteiger partial charge in [-0.3, -0.25) is 13.8 Å². The number of carboxylic acids is 1. The number of carboxylic acid groups (broad SMARTS) is 1. The molecular weight excluding hydrogens is 242 g/mol. The van der Waals surface area contributed by atoms with Gasteiger partial charge in [0.25, 0.3) is 0 Å². The molecule has 0 spiro atoms. The minimum absolute atomic E-state index is 0.206. The van der Waals surface area contributed by atoms with Crippen LogP contribution in [0.3, 0.4) is 0 Å². The highest BCUT2D eigenvalue weighted by Crippen LogP contribution is 2.31. The highest BCUT2D eigenvalue weighted by atomic mass is 32.2. The number of nitrogens with one attached hydrogen (secondary N) is 1. The van der Waals surface area contributed by atoms with E-state index in [1.165, 1.54) is 0 Å². The second kappa shape index (κ2) is 6.74. The zero-order valence-electron chi connectivity index (χ0n) is 9.98. The smallest absolute Gasteiger partial charge is 0.307 e. The molecule has 1 aliphatic carbocycles. The zero-order chi connectivity index (χ0) is 12.8. The predicted octanol–water partition coefficient (Wildman–Crippen LogP) is 0.372. The summed E-state index contributed by atoms with van der Waals surface area (Å²) in [6.07, 6.45) is 2.00. The third-order valence-corrected chi connectivity index (χ3v) is 4.42. The van der Waals surface area contributed by atoms with Crippen LogP contribution in [0.4, 0.5) is 0 Å². The summed E-state index contributed by atoms with van der Waals surface area (Å²) in [5.41, 5.74) is 0. The number of amides is 1. The molecule has 0 bridgehead atoms. The van der Waals surface area contributed by atoms with E-state index < -0.39 is 28.6 Å². The Balaban J connectivity index is 2.37. The number of hydrogen-bond donors (Lipinski definition) is 2. The monoisotopic (exact) mass is 261 g/mol. The van der Waals surface area contributed by atoms with Crippen molar-refractivity contribution in [3.05, 3.63) is 0 Å². The van der Waals surface area contributed by atoms with Crippen molar-refractivity contribution in [1.82, 2.24) is 5.32 Å². The number of rotatable bonds is 6. The van der Waals surface area contributed by atoms with Crippen LogP contribution in [-0.4, -0.2) is 39.2 Å².